The van der Waals surface area contributed by atoms with Gasteiger partial charge in [-0.3, -0.25) is 9.69 Å². The number of benzene rings is 3. The number of fused-ring (bicyclic) bond motifs is 1. The van der Waals surface area contributed by atoms with E-state index in [-0.39, 0.29) is 30.6 Å². The molecule has 1 heterocycles. The average Bonchev–Trinajstić information content (AvgIpc) is 2.79. The van der Waals surface area contributed by atoms with Crippen LogP contribution in [0.5, 0.6) is 0 Å². The van der Waals surface area contributed by atoms with E-state index in [0.717, 1.165) is 17.3 Å². The van der Waals surface area contributed by atoms with Crippen LogP contribution >= 0.6 is 12.4 Å². The highest BCUT2D eigenvalue weighted by Crippen LogP contribution is 2.18. The van der Waals surface area contributed by atoms with Gasteiger partial charge in [-0.2, -0.15) is 4.31 Å². The number of hydrogen-bond donors (Lipinski definition) is 1. The molecule has 0 saturated carbocycles. The third-order valence-corrected chi connectivity index (χ3v) is 7.53. The summed E-state index contributed by atoms with van der Waals surface area (Å²) in [5.74, 6) is -0.345. The molecule has 1 aliphatic heterocycles. The van der Waals surface area contributed by atoms with Gasteiger partial charge in [0.1, 0.15) is 0 Å². The molecule has 1 saturated heterocycles. The number of carbonyl (C=O) groups is 1. The summed E-state index contributed by atoms with van der Waals surface area (Å²) in [6, 6.07) is 23.4. The van der Waals surface area contributed by atoms with Crippen LogP contribution in [0, 0.1) is 0 Å². The number of nitrogens with zero attached hydrogens (tertiary/aromatic N) is 2. The zero-order valence-electron chi connectivity index (χ0n) is 17.8. The van der Waals surface area contributed by atoms with Gasteiger partial charge >= 0.3 is 0 Å². The first kappa shape index (κ1) is 24.2. The maximum atomic E-state index is 12.7. The topological polar surface area (TPSA) is 69.7 Å². The first-order valence-electron chi connectivity index (χ1n) is 10.5. The molecule has 0 spiro atoms. The fourth-order valence-electron chi connectivity index (χ4n) is 3.95. The van der Waals surface area contributed by atoms with Gasteiger partial charge in [-0.1, -0.05) is 66.7 Å². The Morgan fingerprint density at radius 3 is 2.25 bits per heavy atom. The van der Waals surface area contributed by atoms with Gasteiger partial charge < -0.3 is 5.32 Å². The van der Waals surface area contributed by atoms with E-state index in [4.69, 9.17) is 0 Å². The summed E-state index contributed by atoms with van der Waals surface area (Å²) in [7, 11) is -3.41. The van der Waals surface area contributed by atoms with E-state index < -0.39 is 10.0 Å². The summed E-state index contributed by atoms with van der Waals surface area (Å²) < 4.78 is 27.0. The van der Waals surface area contributed by atoms with Gasteiger partial charge in [0, 0.05) is 44.8 Å². The normalized spacial score (nSPS) is 15.2. The summed E-state index contributed by atoms with van der Waals surface area (Å²) in [5.41, 5.74) is 1.79. The van der Waals surface area contributed by atoms with Gasteiger partial charge in [0.05, 0.1) is 5.75 Å². The molecule has 4 rings (SSSR count). The van der Waals surface area contributed by atoms with Crippen molar-refractivity contribution in [3.05, 3.63) is 83.9 Å². The minimum atomic E-state index is -3.41. The van der Waals surface area contributed by atoms with Crippen molar-refractivity contribution in [1.29, 1.82) is 0 Å². The van der Waals surface area contributed by atoms with E-state index in [0.29, 0.717) is 31.7 Å². The molecule has 6 nitrogen and oxygen atoms in total. The van der Waals surface area contributed by atoms with Gasteiger partial charge in [0.2, 0.25) is 10.0 Å². The Bertz CT molecular complexity index is 1140. The molecule has 170 valence electrons. The van der Waals surface area contributed by atoms with Crippen LogP contribution in [-0.4, -0.2) is 62.0 Å². The second kappa shape index (κ2) is 10.9. The largest absolute Gasteiger partial charge is 0.351 e. The lowest BCUT2D eigenvalue weighted by molar-refractivity contribution is 0.0957. The highest BCUT2D eigenvalue weighted by Gasteiger charge is 2.26. The van der Waals surface area contributed by atoms with Crippen LogP contribution in [-0.2, 0) is 16.6 Å². The molecule has 3 aromatic carbocycles. The Labute approximate surface area is 195 Å². The fourth-order valence-corrected chi connectivity index (χ4v) is 5.29. The van der Waals surface area contributed by atoms with E-state index in [1.807, 2.05) is 54.6 Å². The molecule has 1 fully saturated rings. The molecule has 1 amide bonds. The molecule has 0 unspecified atom stereocenters. The molecule has 3 aromatic rings. The zero-order chi connectivity index (χ0) is 21.7. The highest BCUT2D eigenvalue weighted by atomic mass is 35.5. The number of hydrogen-bond acceptors (Lipinski definition) is 4. The summed E-state index contributed by atoms with van der Waals surface area (Å²) in [6.45, 7) is 3.29. The average molecular weight is 474 g/mol. The smallest absolute Gasteiger partial charge is 0.251 e. The molecular weight excluding hydrogens is 446 g/mol. The van der Waals surface area contributed by atoms with Crippen molar-refractivity contribution in [2.75, 3.05) is 38.5 Å². The molecule has 0 bridgehead atoms. The Morgan fingerprint density at radius 1 is 0.844 bits per heavy atom. The third-order valence-electron chi connectivity index (χ3n) is 5.65. The Hall–Kier alpha value is -2.45. The second-order valence-corrected chi connectivity index (χ2v) is 9.85. The first-order chi connectivity index (χ1) is 15.0. The van der Waals surface area contributed by atoms with Crippen LogP contribution in [0.2, 0.25) is 0 Å². The molecule has 32 heavy (non-hydrogen) atoms. The SMILES string of the molecule is Cl.O=C(NCCS(=O)(=O)N1CCN(Cc2ccccc2)CC1)c1cccc2ccccc12. The van der Waals surface area contributed by atoms with E-state index in [9.17, 15) is 13.2 Å². The molecule has 1 N–H and O–H groups in total. The summed E-state index contributed by atoms with van der Waals surface area (Å²) in [4.78, 5) is 14.9. The van der Waals surface area contributed by atoms with Gasteiger partial charge in [-0.05, 0) is 22.4 Å². The Morgan fingerprint density at radius 2 is 1.50 bits per heavy atom. The van der Waals surface area contributed by atoms with E-state index in [2.05, 4.69) is 22.3 Å². The van der Waals surface area contributed by atoms with Crippen LogP contribution in [0.15, 0.2) is 72.8 Å². The molecule has 0 radical (unpaired) electrons. The van der Waals surface area contributed by atoms with Crippen LogP contribution in [0.25, 0.3) is 10.8 Å². The molecular formula is C24H28ClN3O3S. The number of piperazine rings is 1. The predicted octanol–water partition coefficient (Wildman–Crippen LogP) is 3.14. The lowest BCUT2D eigenvalue weighted by atomic mass is 10.0. The standard InChI is InChI=1S/C24H27N3O3S.ClH/c28-24(23-12-6-10-21-9-4-5-11-22(21)23)25-13-18-31(29,30)27-16-14-26(15-17-27)19-20-7-2-1-3-8-20;/h1-12H,13-19H2,(H,25,28);1H. The van der Waals surface area contributed by atoms with Gasteiger partial charge in [-0.25, -0.2) is 8.42 Å². The lowest BCUT2D eigenvalue weighted by Crippen LogP contribution is -2.49. The number of nitrogens with one attached hydrogen (secondary N) is 1. The number of rotatable bonds is 7. The van der Waals surface area contributed by atoms with Crippen LogP contribution in [0.3, 0.4) is 0 Å². The number of amides is 1. The quantitative estimate of drug-likeness (QED) is 0.572. The lowest BCUT2D eigenvalue weighted by Gasteiger charge is -2.34. The molecule has 0 aliphatic carbocycles. The van der Waals surface area contributed by atoms with Gasteiger partial charge in [-0.15, -0.1) is 12.4 Å². The minimum absolute atomic E-state index is 0. The molecule has 0 aromatic heterocycles. The van der Waals surface area contributed by atoms with Crippen LogP contribution < -0.4 is 5.32 Å². The second-order valence-electron chi connectivity index (χ2n) is 7.76. The van der Waals surface area contributed by atoms with Crippen molar-refractivity contribution in [3.8, 4) is 0 Å². The van der Waals surface area contributed by atoms with Gasteiger partial charge in [0.15, 0.2) is 0 Å². The summed E-state index contributed by atoms with van der Waals surface area (Å²) in [5, 5.41) is 4.62. The van der Waals surface area contributed by atoms with E-state index in [1.54, 1.807) is 10.4 Å². The number of sulfonamides is 1. The maximum Gasteiger partial charge on any atom is 0.251 e. The first-order valence-corrected chi connectivity index (χ1v) is 12.1. The van der Waals surface area contributed by atoms with Crippen molar-refractivity contribution in [2.24, 2.45) is 0 Å². The summed E-state index contributed by atoms with van der Waals surface area (Å²) in [6.07, 6.45) is 0. The molecule has 8 heteroatoms. The fraction of sp³-hybridized carbons (Fsp3) is 0.292. The third kappa shape index (κ3) is 5.86. The van der Waals surface area contributed by atoms with Crippen molar-refractivity contribution in [2.45, 2.75) is 6.54 Å². The Balaban J connectivity index is 0.00000289. The predicted molar refractivity (Wildman–Crippen MR) is 131 cm³/mol. The van der Waals surface area contributed by atoms with Crippen LogP contribution in [0.1, 0.15) is 15.9 Å². The molecule has 0 atom stereocenters. The Kier molecular flexibility index (Phi) is 8.26. The van der Waals surface area contributed by atoms with Crippen molar-refractivity contribution in [3.63, 3.8) is 0 Å². The van der Waals surface area contributed by atoms with Crippen molar-refractivity contribution < 1.29 is 13.2 Å². The van der Waals surface area contributed by atoms with Gasteiger partial charge in [0.25, 0.3) is 5.91 Å². The molecule has 1 aliphatic rings. The number of carbonyl (C=O) groups excluding carboxylic acids is 1. The van der Waals surface area contributed by atoms with Crippen molar-refractivity contribution >= 4 is 39.1 Å². The number of halogens is 1. The van der Waals surface area contributed by atoms with E-state index >= 15 is 0 Å². The maximum absolute atomic E-state index is 12.7. The minimum Gasteiger partial charge on any atom is -0.351 e. The highest BCUT2D eigenvalue weighted by molar-refractivity contribution is 7.89. The van der Waals surface area contributed by atoms with Crippen LogP contribution in [0.4, 0.5) is 0 Å². The zero-order valence-corrected chi connectivity index (χ0v) is 19.4. The monoisotopic (exact) mass is 473 g/mol. The van der Waals surface area contributed by atoms with E-state index in [1.165, 1.54) is 5.56 Å². The van der Waals surface area contributed by atoms with Crippen molar-refractivity contribution in [1.82, 2.24) is 14.5 Å². The summed E-state index contributed by atoms with van der Waals surface area (Å²) >= 11 is 0.